The van der Waals surface area contributed by atoms with Crippen LogP contribution in [0.4, 0.5) is 0 Å². The normalized spacial score (nSPS) is 36.9. The number of hydrogen-bond acceptors (Lipinski definition) is 6. The molecule has 146 valence electrons. The summed E-state index contributed by atoms with van der Waals surface area (Å²) in [4.78, 5) is 24.9. The number of carbonyl (C=O) groups excluding carboxylic acids is 2. The van der Waals surface area contributed by atoms with Crippen molar-refractivity contribution in [1.82, 2.24) is 0 Å². The van der Waals surface area contributed by atoms with Gasteiger partial charge in [0.1, 0.15) is 0 Å². The number of rotatable bonds is 8. The standard InChI is InChI=1S/C20H30O6/c1-5-23-11(3)25-19(21)14-9-15-13-7-17(16(15)10-14)18(8-13)20(22)26-12(4)24-6-2/h6,11-18H,2,5,7-10H2,1,3-4H3. The van der Waals surface area contributed by atoms with Gasteiger partial charge in [0.25, 0.3) is 0 Å². The Morgan fingerprint density at radius 3 is 2.38 bits per heavy atom. The summed E-state index contributed by atoms with van der Waals surface area (Å²) in [5.74, 6) is 1.29. The predicted molar refractivity (Wildman–Crippen MR) is 93.4 cm³/mol. The van der Waals surface area contributed by atoms with E-state index in [0.717, 1.165) is 25.7 Å². The molecule has 6 nitrogen and oxygen atoms in total. The number of ether oxygens (including phenoxy) is 4. The average Bonchev–Trinajstić information content (AvgIpc) is 3.26. The maximum absolute atomic E-state index is 12.5. The first-order valence-electron chi connectivity index (χ1n) is 9.73. The van der Waals surface area contributed by atoms with Crippen LogP contribution in [0.1, 0.15) is 46.5 Å². The maximum atomic E-state index is 12.5. The van der Waals surface area contributed by atoms with Crippen LogP contribution in [0.3, 0.4) is 0 Å². The van der Waals surface area contributed by atoms with Gasteiger partial charge in [-0.05, 0) is 63.2 Å². The molecule has 0 saturated heterocycles. The van der Waals surface area contributed by atoms with Crippen LogP contribution in [0, 0.1) is 35.5 Å². The van der Waals surface area contributed by atoms with Gasteiger partial charge >= 0.3 is 11.9 Å². The molecule has 0 heterocycles. The topological polar surface area (TPSA) is 71.1 Å². The molecule has 0 spiro atoms. The van der Waals surface area contributed by atoms with Crippen molar-refractivity contribution in [2.45, 2.75) is 59.0 Å². The van der Waals surface area contributed by atoms with Gasteiger partial charge in [0.15, 0.2) is 6.29 Å². The van der Waals surface area contributed by atoms with Gasteiger partial charge in [-0.1, -0.05) is 6.58 Å². The van der Waals surface area contributed by atoms with Crippen molar-refractivity contribution < 1.29 is 28.5 Å². The molecule has 26 heavy (non-hydrogen) atoms. The highest BCUT2D eigenvalue weighted by molar-refractivity contribution is 5.75. The number of carbonyl (C=O) groups is 2. The maximum Gasteiger partial charge on any atom is 0.312 e. The number of hydrogen-bond donors (Lipinski definition) is 0. The molecule has 6 heteroatoms. The molecule has 0 aromatic carbocycles. The molecule has 0 aliphatic heterocycles. The van der Waals surface area contributed by atoms with Crippen LogP contribution < -0.4 is 0 Å². The van der Waals surface area contributed by atoms with Gasteiger partial charge in [-0.2, -0.15) is 0 Å². The van der Waals surface area contributed by atoms with Gasteiger partial charge in [-0.3, -0.25) is 9.59 Å². The highest BCUT2D eigenvalue weighted by Gasteiger charge is 2.59. The van der Waals surface area contributed by atoms with Crippen LogP contribution in [0.25, 0.3) is 0 Å². The van der Waals surface area contributed by atoms with Crippen LogP contribution in [0.2, 0.25) is 0 Å². The van der Waals surface area contributed by atoms with Crippen LogP contribution in [0.15, 0.2) is 12.8 Å². The van der Waals surface area contributed by atoms with Gasteiger partial charge in [-0.25, -0.2) is 0 Å². The second-order valence-corrected chi connectivity index (χ2v) is 7.76. The molecule has 3 aliphatic carbocycles. The van der Waals surface area contributed by atoms with Crippen LogP contribution in [-0.2, 0) is 28.5 Å². The molecule has 0 N–H and O–H groups in total. The largest absolute Gasteiger partial charge is 0.463 e. The third-order valence-electron chi connectivity index (χ3n) is 6.36. The van der Waals surface area contributed by atoms with E-state index in [-0.39, 0.29) is 23.8 Å². The van der Waals surface area contributed by atoms with E-state index < -0.39 is 12.6 Å². The van der Waals surface area contributed by atoms with Crippen molar-refractivity contribution in [1.29, 1.82) is 0 Å². The summed E-state index contributed by atoms with van der Waals surface area (Å²) in [5, 5.41) is 0. The molecular weight excluding hydrogens is 336 g/mol. The predicted octanol–water partition coefficient (Wildman–Crippen LogP) is 3.26. The van der Waals surface area contributed by atoms with E-state index in [1.807, 2.05) is 6.92 Å². The van der Waals surface area contributed by atoms with Gasteiger partial charge in [0.2, 0.25) is 6.29 Å². The molecule has 8 atom stereocenters. The highest BCUT2D eigenvalue weighted by Crippen LogP contribution is 2.62. The summed E-state index contributed by atoms with van der Waals surface area (Å²) >= 11 is 0. The Morgan fingerprint density at radius 1 is 1.00 bits per heavy atom. The molecule has 3 aliphatic rings. The van der Waals surface area contributed by atoms with Crippen LogP contribution >= 0.6 is 0 Å². The SMILES string of the molecule is C=COC(C)OC(=O)C1CC2CC1C1CC(C(=O)OC(C)OCC)CC21. The summed E-state index contributed by atoms with van der Waals surface area (Å²) in [7, 11) is 0. The van der Waals surface area contributed by atoms with Crippen molar-refractivity contribution >= 4 is 11.9 Å². The van der Waals surface area contributed by atoms with Crippen molar-refractivity contribution in [2.75, 3.05) is 6.61 Å². The van der Waals surface area contributed by atoms with E-state index in [1.54, 1.807) is 13.8 Å². The lowest BCUT2D eigenvalue weighted by Gasteiger charge is -2.30. The van der Waals surface area contributed by atoms with Crippen molar-refractivity contribution in [3.8, 4) is 0 Å². The first kappa shape index (κ1) is 19.2. The Labute approximate surface area is 155 Å². The zero-order valence-electron chi connectivity index (χ0n) is 15.9. The van der Waals surface area contributed by atoms with Gasteiger partial charge in [-0.15, -0.1) is 0 Å². The van der Waals surface area contributed by atoms with Crippen LogP contribution in [-0.4, -0.2) is 31.1 Å². The Balaban J connectivity index is 1.56. The first-order valence-corrected chi connectivity index (χ1v) is 9.73. The molecule has 8 unspecified atom stereocenters. The quantitative estimate of drug-likeness (QED) is 0.373. The summed E-state index contributed by atoms with van der Waals surface area (Å²) in [6, 6.07) is 0. The molecule has 0 aromatic rings. The molecule has 0 aromatic heterocycles. The van der Waals surface area contributed by atoms with Crippen molar-refractivity contribution in [3.05, 3.63) is 12.8 Å². The van der Waals surface area contributed by atoms with E-state index in [4.69, 9.17) is 18.9 Å². The Kier molecular flexibility index (Phi) is 5.90. The second kappa shape index (κ2) is 7.99. The number of fused-ring (bicyclic) bond motifs is 5. The molecule has 2 bridgehead atoms. The second-order valence-electron chi connectivity index (χ2n) is 7.76. The zero-order chi connectivity index (χ0) is 18.8. The van der Waals surface area contributed by atoms with Gasteiger partial charge in [0, 0.05) is 13.5 Å². The van der Waals surface area contributed by atoms with E-state index in [1.165, 1.54) is 6.26 Å². The highest BCUT2D eigenvalue weighted by atomic mass is 16.7. The minimum atomic E-state index is -0.610. The molecular formula is C20H30O6. The minimum absolute atomic E-state index is 0.0731. The Bertz CT molecular complexity index is 546. The first-order chi connectivity index (χ1) is 12.4. The number of esters is 2. The minimum Gasteiger partial charge on any atom is -0.463 e. The fourth-order valence-electron chi connectivity index (χ4n) is 5.48. The fourth-order valence-corrected chi connectivity index (χ4v) is 5.48. The zero-order valence-corrected chi connectivity index (χ0v) is 15.9. The lowest BCUT2D eigenvalue weighted by atomic mass is 9.76. The van der Waals surface area contributed by atoms with E-state index in [0.29, 0.717) is 30.3 Å². The monoisotopic (exact) mass is 366 g/mol. The van der Waals surface area contributed by atoms with E-state index in [9.17, 15) is 9.59 Å². The fraction of sp³-hybridized carbons (Fsp3) is 0.800. The van der Waals surface area contributed by atoms with Gasteiger partial charge < -0.3 is 18.9 Å². The summed E-state index contributed by atoms with van der Waals surface area (Å²) in [6.45, 7) is 9.32. The summed E-state index contributed by atoms with van der Waals surface area (Å²) in [5.41, 5.74) is 0. The lowest BCUT2D eigenvalue weighted by Crippen LogP contribution is -2.32. The molecule has 3 saturated carbocycles. The lowest BCUT2D eigenvalue weighted by molar-refractivity contribution is -0.178. The van der Waals surface area contributed by atoms with Crippen LogP contribution in [0.5, 0.6) is 0 Å². The Hall–Kier alpha value is -1.56. The summed E-state index contributed by atoms with van der Waals surface area (Å²) < 4.78 is 21.2. The Morgan fingerprint density at radius 2 is 1.69 bits per heavy atom. The molecule has 3 fully saturated rings. The molecule has 0 radical (unpaired) electrons. The third kappa shape index (κ3) is 3.75. The van der Waals surface area contributed by atoms with Crippen molar-refractivity contribution in [3.63, 3.8) is 0 Å². The van der Waals surface area contributed by atoms with Gasteiger partial charge in [0.05, 0.1) is 18.1 Å². The van der Waals surface area contributed by atoms with E-state index in [2.05, 4.69) is 6.58 Å². The van der Waals surface area contributed by atoms with E-state index >= 15 is 0 Å². The third-order valence-corrected chi connectivity index (χ3v) is 6.36. The molecule has 3 rings (SSSR count). The summed E-state index contributed by atoms with van der Waals surface area (Å²) in [6.07, 6.45) is 3.80. The smallest absolute Gasteiger partial charge is 0.312 e. The average molecular weight is 366 g/mol. The molecule has 0 amide bonds. The van der Waals surface area contributed by atoms with Crippen molar-refractivity contribution in [2.24, 2.45) is 35.5 Å².